The smallest absolute Gasteiger partial charge is 0.321 e. The molecule has 1 fully saturated rings. The summed E-state index contributed by atoms with van der Waals surface area (Å²) in [6.07, 6.45) is 4.57. The van der Waals surface area contributed by atoms with Gasteiger partial charge in [-0.3, -0.25) is 14.9 Å². The van der Waals surface area contributed by atoms with Crippen molar-refractivity contribution in [2.24, 2.45) is 5.41 Å². The fraction of sp³-hybridized carbons (Fsp3) is 0.769. The van der Waals surface area contributed by atoms with E-state index in [1.165, 1.54) is 6.42 Å². The molecule has 0 aromatic rings. The summed E-state index contributed by atoms with van der Waals surface area (Å²) in [6.45, 7) is 2.70. The Morgan fingerprint density at radius 3 is 2.32 bits per heavy atom. The Bertz CT molecular complexity index is 351. The van der Waals surface area contributed by atoms with Crippen LogP contribution in [0.3, 0.4) is 0 Å². The van der Waals surface area contributed by atoms with E-state index in [1.54, 1.807) is 0 Å². The van der Waals surface area contributed by atoms with Crippen LogP contribution in [0.2, 0.25) is 0 Å². The number of carbonyl (C=O) groups is 3. The zero-order valence-electron chi connectivity index (χ0n) is 11.3. The molecule has 6 nitrogen and oxygen atoms in total. The molecule has 0 aromatic carbocycles. The summed E-state index contributed by atoms with van der Waals surface area (Å²) in [5.41, 5.74) is 0.182. The third-order valence-corrected chi connectivity index (χ3v) is 3.53. The molecule has 1 rings (SSSR count). The van der Waals surface area contributed by atoms with Crippen LogP contribution in [0, 0.1) is 5.41 Å². The molecule has 0 aromatic heterocycles. The van der Waals surface area contributed by atoms with Gasteiger partial charge in [-0.2, -0.15) is 0 Å². The van der Waals surface area contributed by atoms with Gasteiger partial charge in [0.2, 0.25) is 5.91 Å². The maximum Gasteiger partial charge on any atom is 0.321 e. The van der Waals surface area contributed by atoms with Crippen LogP contribution < -0.4 is 10.6 Å². The van der Waals surface area contributed by atoms with Gasteiger partial charge in [0.15, 0.2) is 0 Å². The van der Waals surface area contributed by atoms with Gasteiger partial charge in [-0.05, 0) is 31.1 Å². The van der Waals surface area contributed by atoms with Crippen LogP contribution in [-0.2, 0) is 9.59 Å². The molecule has 0 unspecified atom stereocenters. The quantitative estimate of drug-likeness (QED) is 0.613. The Morgan fingerprint density at radius 1 is 1.16 bits per heavy atom. The first-order chi connectivity index (χ1) is 8.91. The highest BCUT2D eigenvalue weighted by Gasteiger charge is 2.31. The lowest BCUT2D eigenvalue weighted by Gasteiger charge is -2.38. The van der Waals surface area contributed by atoms with Gasteiger partial charge in [0.25, 0.3) is 0 Å². The second kappa shape index (κ2) is 7.11. The summed E-state index contributed by atoms with van der Waals surface area (Å²) in [6, 6.07) is -0.462. The molecule has 3 amide bonds. The second-order valence-corrected chi connectivity index (χ2v) is 5.50. The fourth-order valence-electron chi connectivity index (χ4n) is 2.05. The molecule has 3 N–H and O–H groups in total. The second-order valence-electron chi connectivity index (χ2n) is 5.50. The van der Waals surface area contributed by atoms with Crippen molar-refractivity contribution >= 4 is 17.9 Å². The summed E-state index contributed by atoms with van der Waals surface area (Å²) in [5, 5.41) is 13.4. The Morgan fingerprint density at radius 2 is 1.79 bits per heavy atom. The first kappa shape index (κ1) is 15.5. The number of carboxylic acid groups (broad SMARTS) is 1. The van der Waals surface area contributed by atoms with Crippen molar-refractivity contribution in [2.75, 3.05) is 6.54 Å². The van der Waals surface area contributed by atoms with E-state index in [-0.39, 0.29) is 24.2 Å². The van der Waals surface area contributed by atoms with Gasteiger partial charge in [0.1, 0.15) is 0 Å². The number of nitrogens with one attached hydrogen (secondary N) is 2. The topological polar surface area (TPSA) is 95.5 Å². The number of hydrogen-bond acceptors (Lipinski definition) is 3. The predicted octanol–water partition coefficient (Wildman–Crippen LogP) is 1.65. The number of urea groups is 1. The highest BCUT2D eigenvalue weighted by molar-refractivity contribution is 5.94. The molecule has 0 heterocycles. The van der Waals surface area contributed by atoms with E-state index in [0.29, 0.717) is 19.4 Å². The van der Waals surface area contributed by atoms with Crippen molar-refractivity contribution in [3.63, 3.8) is 0 Å². The molecular weight excluding hydrogens is 248 g/mol. The van der Waals surface area contributed by atoms with Gasteiger partial charge in [0.05, 0.1) is 0 Å². The lowest BCUT2D eigenvalue weighted by Crippen LogP contribution is -2.45. The van der Waals surface area contributed by atoms with Crippen LogP contribution in [0.15, 0.2) is 0 Å². The Kier molecular flexibility index (Phi) is 5.79. The normalized spacial score (nSPS) is 16.3. The fourth-order valence-corrected chi connectivity index (χ4v) is 2.05. The van der Waals surface area contributed by atoms with Crippen molar-refractivity contribution in [3.05, 3.63) is 0 Å². The van der Waals surface area contributed by atoms with Crippen LogP contribution >= 0.6 is 0 Å². The van der Waals surface area contributed by atoms with Crippen molar-refractivity contribution < 1.29 is 19.5 Å². The Hall–Kier alpha value is -1.59. The molecule has 0 spiro atoms. The van der Waals surface area contributed by atoms with Crippen molar-refractivity contribution in [2.45, 2.75) is 51.9 Å². The van der Waals surface area contributed by atoms with E-state index in [2.05, 4.69) is 17.6 Å². The first-order valence-electron chi connectivity index (χ1n) is 6.71. The summed E-state index contributed by atoms with van der Waals surface area (Å²) < 4.78 is 0. The zero-order chi connectivity index (χ0) is 14.3. The summed E-state index contributed by atoms with van der Waals surface area (Å²) in [7, 11) is 0. The maximum absolute atomic E-state index is 11.4. The lowest BCUT2D eigenvalue weighted by molar-refractivity contribution is -0.137. The monoisotopic (exact) mass is 270 g/mol. The van der Waals surface area contributed by atoms with Crippen LogP contribution in [0.25, 0.3) is 0 Å². The Labute approximate surface area is 112 Å². The highest BCUT2D eigenvalue weighted by atomic mass is 16.4. The number of carbonyl (C=O) groups excluding carboxylic acids is 2. The molecule has 6 heteroatoms. The number of amides is 3. The van der Waals surface area contributed by atoms with Crippen molar-refractivity contribution in [3.8, 4) is 0 Å². The Balaban J connectivity index is 2.07. The number of aliphatic carboxylic acids is 1. The summed E-state index contributed by atoms with van der Waals surface area (Å²) >= 11 is 0. The number of carboxylic acids is 1. The van der Waals surface area contributed by atoms with Gasteiger partial charge in [-0.1, -0.05) is 13.3 Å². The molecule has 1 aliphatic carbocycles. The maximum atomic E-state index is 11.4. The number of imide groups is 1. The minimum atomic E-state index is -0.869. The van der Waals surface area contributed by atoms with E-state index in [1.807, 2.05) is 0 Å². The molecule has 0 saturated heterocycles. The van der Waals surface area contributed by atoms with Crippen LogP contribution in [0.1, 0.15) is 51.9 Å². The average molecular weight is 270 g/mol. The lowest BCUT2D eigenvalue weighted by atomic mass is 9.70. The van der Waals surface area contributed by atoms with E-state index in [4.69, 9.17) is 5.11 Å². The van der Waals surface area contributed by atoms with Gasteiger partial charge in [-0.15, -0.1) is 0 Å². The number of hydrogen-bond donors (Lipinski definition) is 3. The molecule has 1 aliphatic rings. The van der Waals surface area contributed by atoms with Crippen LogP contribution in [0.5, 0.6) is 0 Å². The van der Waals surface area contributed by atoms with Crippen molar-refractivity contribution in [1.82, 2.24) is 10.6 Å². The first-order valence-corrected chi connectivity index (χ1v) is 6.71. The molecule has 0 radical (unpaired) electrons. The largest absolute Gasteiger partial charge is 0.481 e. The predicted molar refractivity (Wildman–Crippen MR) is 69.6 cm³/mol. The van der Waals surface area contributed by atoms with Crippen molar-refractivity contribution in [1.29, 1.82) is 0 Å². The molecule has 1 saturated carbocycles. The highest BCUT2D eigenvalue weighted by Crippen LogP contribution is 2.39. The van der Waals surface area contributed by atoms with E-state index in [0.717, 1.165) is 12.8 Å². The molecule has 19 heavy (non-hydrogen) atoms. The van der Waals surface area contributed by atoms with E-state index < -0.39 is 12.0 Å². The zero-order valence-corrected chi connectivity index (χ0v) is 11.3. The SMILES string of the molecule is CC1(CNC(=O)NC(=O)CCCCC(=O)O)CCC1. The number of unbranched alkanes of at least 4 members (excludes halogenated alkanes) is 1. The van der Waals surface area contributed by atoms with Crippen LogP contribution in [-0.4, -0.2) is 29.6 Å². The van der Waals surface area contributed by atoms with Gasteiger partial charge in [-0.25, -0.2) is 4.79 Å². The van der Waals surface area contributed by atoms with E-state index in [9.17, 15) is 14.4 Å². The standard InChI is InChI=1S/C13H22N2O4/c1-13(7-4-8-13)9-14-12(19)15-10(16)5-2-3-6-11(17)18/h2-9H2,1H3,(H,17,18)(H2,14,15,16,19). The minimum absolute atomic E-state index is 0.0534. The molecule has 0 aliphatic heterocycles. The molecule has 108 valence electrons. The third-order valence-electron chi connectivity index (χ3n) is 3.53. The van der Waals surface area contributed by atoms with E-state index >= 15 is 0 Å². The summed E-state index contributed by atoms with van der Waals surface area (Å²) in [5.74, 6) is -1.23. The van der Waals surface area contributed by atoms with Gasteiger partial charge >= 0.3 is 12.0 Å². The van der Waals surface area contributed by atoms with Gasteiger partial charge < -0.3 is 10.4 Å². The average Bonchev–Trinajstić information content (AvgIpc) is 2.29. The summed E-state index contributed by atoms with van der Waals surface area (Å²) in [4.78, 5) is 33.1. The van der Waals surface area contributed by atoms with Gasteiger partial charge in [0, 0.05) is 19.4 Å². The number of rotatable bonds is 7. The minimum Gasteiger partial charge on any atom is -0.481 e. The molecule has 0 atom stereocenters. The molecular formula is C13H22N2O4. The van der Waals surface area contributed by atoms with Crippen LogP contribution in [0.4, 0.5) is 4.79 Å². The molecule has 0 bridgehead atoms. The third kappa shape index (κ3) is 6.22.